The molecule has 2 aromatic rings. The van der Waals surface area contributed by atoms with Gasteiger partial charge in [0.05, 0.1) is 19.1 Å². The molecule has 0 saturated carbocycles. The summed E-state index contributed by atoms with van der Waals surface area (Å²) in [5, 5.41) is 18.3. The Bertz CT molecular complexity index is 729. The number of carbonyl (C=O) groups is 2. The van der Waals surface area contributed by atoms with E-state index >= 15 is 0 Å². The molecular weight excluding hydrogens is 310 g/mol. The van der Waals surface area contributed by atoms with Gasteiger partial charge in [0.1, 0.15) is 5.75 Å². The second-order valence-corrected chi connectivity index (χ2v) is 5.23. The summed E-state index contributed by atoms with van der Waals surface area (Å²) in [4.78, 5) is 24.1. The second-order valence-electron chi connectivity index (χ2n) is 5.23. The van der Waals surface area contributed by atoms with E-state index in [1.807, 2.05) is 17.0 Å². The molecule has 0 radical (unpaired) electrons. The van der Waals surface area contributed by atoms with Crippen molar-refractivity contribution >= 4 is 17.6 Å². The van der Waals surface area contributed by atoms with E-state index in [-0.39, 0.29) is 18.5 Å². The lowest BCUT2D eigenvalue weighted by atomic mass is 10.1. The highest BCUT2D eigenvalue weighted by Crippen LogP contribution is 2.24. The van der Waals surface area contributed by atoms with Crippen molar-refractivity contribution in [3.63, 3.8) is 0 Å². The largest absolute Gasteiger partial charge is 0.497 e. The Morgan fingerprint density at radius 3 is 2.50 bits per heavy atom. The van der Waals surface area contributed by atoms with Crippen LogP contribution in [0.25, 0.3) is 0 Å². The van der Waals surface area contributed by atoms with E-state index in [1.54, 1.807) is 43.5 Å². The van der Waals surface area contributed by atoms with Gasteiger partial charge < -0.3 is 19.8 Å². The maximum atomic E-state index is 11.4. The highest BCUT2D eigenvalue weighted by molar-refractivity contribution is 5.89. The van der Waals surface area contributed by atoms with Crippen LogP contribution in [0.3, 0.4) is 0 Å². The molecule has 0 aliphatic heterocycles. The van der Waals surface area contributed by atoms with Crippen molar-refractivity contribution < 1.29 is 24.5 Å². The number of hydrogen-bond donors (Lipinski definition) is 2. The quantitative estimate of drug-likeness (QED) is 0.774. The number of ether oxygens (including phenoxy) is 1. The van der Waals surface area contributed by atoms with E-state index in [2.05, 4.69) is 0 Å². The molecule has 2 N–H and O–H groups in total. The van der Waals surface area contributed by atoms with E-state index in [0.29, 0.717) is 17.9 Å². The first-order valence-corrected chi connectivity index (χ1v) is 7.43. The average molecular weight is 329 g/mol. The first-order valence-electron chi connectivity index (χ1n) is 7.43. The van der Waals surface area contributed by atoms with Gasteiger partial charge in [0.25, 0.3) is 0 Å². The summed E-state index contributed by atoms with van der Waals surface area (Å²) < 4.78 is 5.21. The predicted octanol–water partition coefficient (Wildman–Crippen LogP) is 2.87. The highest BCUT2D eigenvalue weighted by Gasteiger charge is 2.15. The first-order chi connectivity index (χ1) is 11.5. The number of anilines is 1. The lowest BCUT2D eigenvalue weighted by Crippen LogP contribution is -2.26. The number of benzene rings is 2. The van der Waals surface area contributed by atoms with Crippen molar-refractivity contribution in [1.29, 1.82) is 0 Å². The molecule has 0 spiro atoms. The maximum Gasteiger partial charge on any atom is 0.336 e. The zero-order valence-electron chi connectivity index (χ0n) is 13.3. The Labute approximate surface area is 139 Å². The van der Waals surface area contributed by atoms with Gasteiger partial charge in [0.2, 0.25) is 0 Å². The second kappa shape index (κ2) is 8.01. The fourth-order valence-corrected chi connectivity index (χ4v) is 2.41. The van der Waals surface area contributed by atoms with Crippen LogP contribution in [0.2, 0.25) is 0 Å². The molecule has 24 heavy (non-hydrogen) atoms. The van der Waals surface area contributed by atoms with Crippen LogP contribution >= 0.6 is 0 Å². The van der Waals surface area contributed by atoms with Gasteiger partial charge in [-0.3, -0.25) is 4.79 Å². The molecular formula is C18H19NO5. The molecule has 0 fully saturated rings. The van der Waals surface area contributed by atoms with Crippen LogP contribution in [0.4, 0.5) is 5.69 Å². The standard InChI is InChI=1S/C18H19NO5/c1-24-15-7-4-6-14(11-15)19(10-9-17(20)21)12-13-5-2-3-8-16(13)18(22)23/h2-8,11H,9-10,12H2,1H3,(H,20,21)(H,22,23). The van der Waals surface area contributed by atoms with Gasteiger partial charge in [0.15, 0.2) is 0 Å². The summed E-state index contributed by atoms with van der Waals surface area (Å²) in [5.74, 6) is -1.26. The van der Waals surface area contributed by atoms with Crippen molar-refractivity contribution in [3.05, 3.63) is 59.7 Å². The number of methoxy groups -OCH3 is 1. The monoisotopic (exact) mass is 329 g/mol. The molecule has 6 heteroatoms. The molecule has 0 aromatic heterocycles. The van der Waals surface area contributed by atoms with Gasteiger partial charge in [-0.15, -0.1) is 0 Å². The number of rotatable bonds is 8. The summed E-state index contributed by atoms with van der Waals surface area (Å²) in [6.45, 7) is 0.555. The molecule has 0 aliphatic rings. The number of nitrogens with zero attached hydrogens (tertiary/aromatic N) is 1. The minimum absolute atomic E-state index is 0.0492. The molecule has 0 amide bonds. The zero-order valence-corrected chi connectivity index (χ0v) is 13.3. The predicted molar refractivity (Wildman–Crippen MR) is 89.7 cm³/mol. The van der Waals surface area contributed by atoms with Crippen LogP contribution in [-0.2, 0) is 11.3 Å². The van der Waals surface area contributed by atoms with Crippen LogP contribution in [0.1, 0.15) is 22.3 Å². The smallest absolute Gasteiger partial charge is 0.336 e. The Morgan fingerprint density at radius 1 is 1.08 bits per heavy atom. The van der Waals surface area contributed by atoms with Gasteiger partial charge in [0, 0.05) is 24.8 Å². The summed E-state index contributed by atoms with van der Waals surface area (Å²) in [7, 11) is 1.56. The van der Waals surface area contributed by atoms with E-state index < -0.39 is 11.9 Å². The Morgan fingerprint density at radius 2 is 1.83 bits per heavy atom. The molecule has 6 nitrogen and oxygen atoms in total. The lowest BCUT2D eigenvalue weighted by molar-refractivity contribution is -0.136. The van der Waals surface area contributed by atoms with Crippen LogP contribution < -0.4 is 9.64 Å². The number of carboxylic acids is 2. The average Bonchev–Trinajstić information content (AvgIpc) is 2.58. The van der Waals surface area contributed by atoms with E-state index in [0.717, 1.165) is 5.69 Å². The third kappa shape index (κ3) is 4.49. The molecule has 0 saturated heterocycles. The number of aliphatic carboxylic acids is 1. The van der Waals surface area contributed by atoms with E-state index in [4.69, 9.17) is 9.84 Å². The van der Waals surface area contributed by atoms with Gasteiger partial charge in [-0.2, -0.15) is 0 Å². The van der Waals surface area contributed by atoms with Crippen molar-refractivity contribution in [2.75, 3.05) is 18.6 Å². The van der Waals surface area contributed by atoms with Gasteiger partial charge in [-0.05, 0) is 23.8 Å². The van der Waals surface area contributed by atoms with Crippen LogP contribution in [0.5, 0.6) is 5.75 Å². The summed E-state index contributed by atoms with van der Waals surface area (Å²) in [6.07, 6.45) is -0.0492. The number of hydrogen-bond acceptors (Lipinski definition) is 4. The van der Waals surface area contributed by atoms with Crippen LogP contribution in [0, 0.1) is 0 Å². The summed E-state index contributed by atoms with van der Waals surface area (Å²) >= 11 is 0. The SMILES string of the molecule is COc1cccc(N(CCC(=O)O)Cc2ccccc2C(=O)O)c1. The van der Waals surface area contributed by atoms with Crippen molar-refractivity contribution in [2.24, 2.45) is 0 Å². The summed E-state index contributed by atoms with van der Waals surface area (Å²) in [5.41, 5.74) is 1.61. The fourth-order valence-electron chi connectivity index (χ4n) is 2.41. The van der Waals surface area contributed by atoms with E-state index in [1.165, 1.54) is 0 Å². The lowest BCUT2D eigenvalue weighted by Gasteiger charge is -2.25. The number of carboxylic acid groups (broad SMARTS) is 2. The minimum Gasteiger partial charge on any atom is -0.497 e. The van der Waals surface area contributed by atoms with Gasteiger partial charge in [-0.1, -0.05) is 24.3 Å². The molecule has 2 aromatic carbocycles. The van der Waals surface area contributed by atoms with Crippen molar-refractivity contribution in [1.82, 2.24) is 0 Å². The maximum absolute atomic E-state index is 11.4. The molecule has 2 rings (SSSR count). The third-order valence-electron chi connectivity index (χ3n) is 3.62. The van der Waals surface area contributed by atoms with Gasteiger partial charge >= 0.3 is 11.9 Å². The van der Waals surface area contributed by atoms with Crippen molar-refractivity contribution in [3.8, 4) is 5.75 Å². The Kier molecular flexibility index (Phi) is 5.78. The minimum atomic E-state index is -1.01. The van der Waals surface area contributed by atoms with Crippen molar-refractivity contribution in [2.45, 2.75) is 13.0 Å². The van der Waals surface area contributed by atoms with E-state index in [9.17, 15) is 14.7 Å². The zero-order chi connectivity index (χ0) is 17.5. The first kappa shape index (κ1) is 17.3. The Hall–Kier alpha value is -3.02. The molecule has 0 heterocycles. The topological polar surface area (TPSA) is 87.1 Å². The molecule has 0 unspecified atom stereocenters. The molecule has 0 bridgehead atoms. The third-order valence-corrected chi connectivity index (χ3v) is 3.62. The van der Waals surface area contributed by atoms with Crippen LogP contribution in [-0.4, -0.2) is 35.8 Å². The normalized spacial score (nSPS) is 10.2. The Balaban J connectivity index is 2.32. The highest BCUT2D eigenvalue weighted by atomic mass is 16.5. The number of aromatic carboxylic acids is 1. The molecule has 0 aliphatic carbocycles. The fraction of sp³-hybridized carbons (Fsp3) is 0.222. The van der Waals surface area contributed by atoms with Gasteiger partial charge in [-0.25, -0.2) is 4.79 Å². The van der Waals surface area contributed by atoms with Crippen LogP contribution in [0.15, 0.2) is 48.5 Å². The molecule has 0 atom stereocenters. The molecule has 126 valence electrons. The summed E-state index contributed by atoms with van der Waals surface area (Å²) in [6, 6.07) is 14.0.